The van der Waals surface area contributed by atoms with Gasteiger partial charge in [0.1, 0.15) is 0 Å². The van der Waals surface area contributed by atoms with Crippen molar-refractivity contribution in [3.63, 3.8) is 0 Å². The second-order valence-electron chi connectivity index (χ2n) is 9.49. The first-order valence-corrected chi connectivity index (χ1v) is 11.0. The van der Waals surface area contributed by atoms with Crippen LogP contribution < -0.4 is 20.5 Å². The molecular formula is C24H46Cl2N2O4. The SMILES string of the molecule is COCCCOc1cc(C[C@@H](C[C@H](N)[C@@H](O)CNC(C)(C)C)C(C)C)ccc1OC.Cl.Cl. The number of aliphatic hydroxyl groups excluding tert-OH is 1. The number of rotatable bonds is 14. The van der Waals surface area contributed by atoms with Crippen molar-refractivity contribution < 1.29 is 19.3 Å². The average Bonchev–Trinajstić information content (AvgIpc) is 2.68. The first-order valence-electron chi connectivity index (χ1n) is 11.0. The minimum absolute atomic E-state index is 0. The molecule has 0 aliphatic carbocycles. The maximum Gasteiger partial charge on any atom is 0.161 e. The lowest BCUT2D eigenvalue weighted by Crippen LogP contribution is -2.48. The van der Waals surface area contributed by atoms with E-state index in [1.807, 2.05) is 6.07 Å². The van der Waals surface area contributed by atoms with E-state index in [-0.39, 0.29) is 36.4 Å². The van der Waals surface area contributed by atoms with Crippen LogP contribution in [-0.4, -0.2) is 56.8 Å². The van der Waals surface area contributed by atoms with Gasteiger partial charge in [0, 0.05) is 38.3 Å². The molecule has 6 nitrogen and oxygen atoms in total. The van der Waals surface area contributed by atoms with Gasteiger partial charge in [0.15, 0.2) is 11.5 Å². The molecule has 8 heteroatoms. The Morgan fingerprint density at radius 1 is 1.06 bits per heavy atom. The number of hydrogen-bond donors (Lipinski definition) is 3. The predicted molar refractivity (Wildman–Crippen MR) is 138 cm³/mol. The molecule has 0 aromatic heterocycles. The van der Waals surface area contributed by atoms with Gasteiger partial charge in [-0.3, -0.25) is 0 Å². The minimum Gasteiger partial charge on any atom is -0.493 e. The minimum atomic E-state index is -0.568. The molecule has 190 valence electrons. The normalized spacial score (nSPS) is 14.2. The lowest BCUT2D eigenvalue weighted by atomic mass is 9.83. The zero-order chi connectivity index (χ0) is 22.7. The number of nitrogens with one attached hydrogen (secondary N) is 1. The van der Waals surface area contributed by atoms with E-state index < -0.39 is 6.10 Å². The van der Waals surface area contributed by atoms with Crippen LogP contribution in [0.4, 0.5) is 0 Å². The third-order valence-corrected chi connectivity index (χ3v) is 5.33. The molecule has 0 unspecified atom stereocenters. The topological polar surface area (TPSA) is 86.0 Å². The molecular weight excluding hydrogens is 451 g/mol. The Balaban J connectivity index is 0. The summed E-state index contributed by atoms with van der Waals surface area (Å²) in [5.74, 6) is 2.30. The number of β-amino-alcohol motifs (C(OH)–C–C–N with tert-alkyl or cyclic N) is 1. The molecule has 0 fully saturated rings. The summed E-state index contributed by atoms with van der Waals surface area (Å²) in [5, 5.41) is 13.8. The first kappa shape index (κ1) is 33.4. The number of halogens is 2. The van der Waals surface area contributed by atoms with Crippen LogP contribution in [0.25, 0.3) is 0 Å². The second-order valence-corrected chi connectivity index (χ2v) is 9.49. The van der Waals surface area contributed by atoms with Crippen molar-refractivity contribution in [3.8, 4) is 11.5 Å². The van der Waals surface area contributed by atoms with Gasteiger partial charge in [-0.25, -0.2) is 0 Å². The van der Waals surface area contributed by atoms with Crippen LogP contribution in [0.1, 0.15) is 53.0 Å². The number of nitrogens with two attached hydrogens (primary N) is 1. The third kappa shape index (κ3) is 13.1. The monoisotopic (exact) mass is 496 g/mol. The highest BCUT2D eigenvalue weighted by Crippen LogP contribution is 2.31. The molecule has 0 saturated carbocycles. The fourth-order valence-corrected chi connectivity index (χ4v) is 3.31. The Labute approximate surface area is 207 Å². The lowest BCUT2D eigenvalue weighted by Gasteiger charge is -2.29. The molecule has 32 heavy (non-hydrogen) atoms. The number of hydrogen-bond acceptors (Lipinski definition) is 6. The summed E-state index contributed by atoms with van der Waals surface area (Å²) in [6, 6.07) is 5.83. The van der Waals surface area contributed by atoms with Gasteiger partial charge in [-0.1, -0.05) is 19.9 Å². The highest BCUT2D eigenvalue weighted by atomic mass is 35.5. The third-order valence-electron chi connectivity index (χ3n) is 5.33. The Kier molecular flexibility index (Phi) is 17.5. The molecule has 0 heterocycles. The summed E-state index contributed by atoms with van der Waals surface area (Å²) in [6.07, 6.45) is 1.90. The van der Waals surface area contributed by atoms with E-state index in [4.69, 9.17) is 19.9 Å². The van der Waals surface area contributed by atoms with E-state index in [0.717, 1.165) is 30.8 Å². The van der Waals surface area contributed by atoms with Gasteiger partial charge in [-0.05, 0) is 63.1 Å². The summed E-state index contributed by atoms with van der Waals surface area (Å²) in [5.41, 5.74) is 7.51. The van der Waals surface area contributed by atoms with Gasteiger partial charge in [0.05, 0.1) is 19.8 Å². The van der Waals surface area contributed by atoms with Crippen LogP contribution >= 0.6 is 24.8 Å². The van der Waals surface area contributed by atoms with Gasteiger partial charge >= 0.3 is 0 Å². The van der Waals surface area contributed by atoms with Crippen molar-refractivity contribution in [2.24, 2.45) is 17.6 Å². The Hall–Kier alpha value is -0.760. The Bertz CT molecular complexity index is 612. The molecule has 0 spiro atoms. The van der Waals surface area contributed by atoms with Crippen molar-refractivity contribution >= 4 is 24.8 Å². The van der Waals surface area contributed by atoms with Gasteiger partial charge in [-0.15, -0.1) is 24.8 Å². The molecule has 1 aromatic rings. The summed E-state index contributed by atoms with van der Waals surface area (Å²) in [6.45, 7) is 12.4. The summed E-state index contributed by atoms with van der Waals surface area (Å²) >= 11 is 0. The smallest absolute Gasteiger partial charge is 0.161 e. The number of methoxy groups -OCH3 is 2. The molecule has 0 saturated heterocycles. The zero-order valence-electron chi connectivity index (χ0n) is 20.8. The van der Waals surface area contributed by atoms with Crippen molar-refractivity contribution in [2.75, 3.05) is 34.0 Å². The van der Waals surface area contributed by atoms with Crippen molar-refractivity contribution in [3.05, 3.63) is 23.8 Å². The predicted octanol–water partition coefficient (Wildman–Crippen LogP) is 4.24. The number of aliphatic hydroxyl groups is 1. The van der Waals surface area contributed by atoms with Gasteiger partial charge in [-0.2, -0.15) is 0 Å². The fraction of sp³-hybridized carbons (Fsp3) is 0.750. The summed E-state index contributed by atoms with van der Waals surface area (Å²) in [4.78, 5) is 0. The molecule has 0 bridgehead atoms. The molecule has 0 radical (unpaired) electrons. The molecule has 0 amide bonds. The van der Waals surface area contributed by atoms with Crippen molar-refractivity contribution in [1.29, 1.82) is 0 Å². The standard InChI is InChI=1S/C24H44N2O4.2ClH/c1-17(2)19(15-20(25)21(27)16-26-24(3,4)5)13-18-9-10-22(29-7)23(14-18)30-12-8-11-28-6;;/h9-10,14,17,19-21,26-27H,8,11-13,15-16,25H2,1-7H3;2*1H/t19-,20-,21-;;/m0../s1. The molecule has 1 aromatic carbocycles. The van der Waals surface area contributed by atoms with Gasteiger partial charge < -0.3 is 30.4 Å². The fourth-order valence-electron chi connectivity index (χ4n) is 3.31. The molecule has 0 aliphatic rings. The summed E-state index contributed by atoms with van der Waals surface area (Å²) in [7, 11) is 3.34. The molecule has 4 N–H and O–H groups in total. The van der Waals surface area contributed by atoms with E-state index in [9.17, 15) is 5.11 Å². The van der Waals surface area contributed by atoms with Crippen LogP contribution in [0.5, 0.6) is 11.5 Å². The van der Waals surface area contributed by atoms with Gasteiger partial charge in [0.25, 0.3) is 0 Å². The van der Waals surface area contributed by atoms with Crippen LogP contribution in [0.15, 0.2) is 18.2 Å². The molecule has 0 aliphatic heterocycles. The first-order chi connectivity index (χ1) is 14.1. The van der Waals surface area contributed by atoms with Gasteiger partial charge in [0.2, 0.25) is 0 Å². The zero-order valence-corrected chi connectivity index (χ0v) is 22.5. The van der Waals surface area contributed by atoms with E-state index in [2.05, 4.69) is 52.1 Å². The number of ether oxygens (including phenoxy) is 3. The average molecular weight is 498 g/mol. The summed E-state index contributed by atoms with van der Waals surface area (Å²) < 4.78 is 16.4. The highest BCUT2D eigenvalue weighted by Gasteiger charge is 2.24. The van der Waals surface area contributed by atoms with E-state index in [1.54, 1.807) is 14.2 Å². The largest absolute Gasteiger partial charge is 0.493 e. The molecule has 1 rings (SSSR count). The number of benzene rings is 1. The van der Waals surface area contributed by atoms with E-state index >= 15 is 0 Å². The Morgan fingerprint density at radius 2 is 1.72 bits per heavy atom. The van der Waals surface area contributed by atoms with E-state index in [1.165, 1.54) is 5.56 Å². The quantitative estimate of drug-likeness (QED) is 0.334. The highest BCUT2D eigenvalue weighted by molar-refractivity contribution is 5.85. The van der Waals surface area contributed by atoms with Crippen molar-refractivity contribution in [1.82, 2.24) is 5.32 Å². The maximum atomic E-state index is 10.5. The molecule has 3 atom stereocenters. The second kappa shape index (κ2) is 16.8. The van der Waals surface area contributed by atoms with Crippen molar-refractivity contribution in [2.45, 2.75) is 71.6 Å². The van der Waals surface area contributed by atoms with Crippen LogP contribution in [0.3, 0.4) is 0 Å². The lowest BCUT2D eigenvalue weighted by molar-refractivity contribution is 0.117. The van der Waals surface area contributed by atoms with Crippen LogP contribution in [0.2, 0.25) is 0 Å². The van der Waals surface area contributed by atoms with E-state index in [0.29, 0.717) is 31.6 Å². The Morgan fingerprint density at radius 3 is 2.25 bits per heavy atom. The van der Waals surface area contributed by atoms with Crippen LogP contribution in [-0.2, 0) is 11.2 Å². The van der Waals surface area contributed by atoms with Crippen LogP contribution in [0, 0.1) is 11.8 Å². The maximum absolute atomic E-state index is 10.5.